The second-order valence-corrected chi connectivity index (χ2v) is 4.62. The second kappa shape index (κ2) is 3.78. The SMILES string of the molecule is [H]/N=C1/NC(=O)C(=Cc2ccc3occc3c2)S1. The van der Waals surface area contributed by atoms with Crippen molar-refractivity contribution in [1.29, 1.82) is 5.40 Å². The minimum atomic E-state index is -0.224. The Morgan fingerprint density at radius 1 is 1.47 bits per heavy atom. The third-order valence-electron chi connectivity index (χ3n) is 2.43. The highest BCUT2D eigenvalue weighted by atomic mass is 32.2. The molecule has 0 bridgehead atoms. The van der Waals surface area contributed by atoms with Gasteiger partial charge in [0.2, 0.25) is 0 Å². The van der Waals surface area contributed by atoms with E-state index in [4.69, 9.17) is 5.83 Å². The number of furan rings is 1. The maximum absolute atomic E-state index is 11.6. The standard InChI is InChI=1S/C12H8N2O2S/c13-12-14-11(15)10(17-12)6-7-1-2-9-8(5-7)3-4-16-9/h1-6H,(H2,13,14,15). The van der Waals surface area contributed by atoms with Gasteiger partial charge in [-0.25, -0.2) is 0 Å². The minimum Gasteiger partial charge on any atom is -0.464 e. The van der Waals surface area contributed by atoms with E-state index < -0.39 is 0 Å². The van der Waals surface area contributed by atoms with Gasteiger partial charge in [-0.2, -0.15) is 0 Å². The van der Waals surface area contributed by atoms with Crippen molar-refractivity contribution in [3.8, 4) is 0 Å². The van der Waals surface area contributed by atoms with Gasteiger partial charge in [-0.15, -0.1) is 0 Å². The molecule has 0 unspecified atom stereocenters. The first-order chi connectivity index (χ1) is 8.76. The summed E-state index contributed by atoms with van der Waals surface area (Å²) >= 11 is 1.16. The van der Waals surface area contributed by atoms with Crippen LogP contribution in [-0.4, -0.2) is 11.1 Å². The van der Waals surface area contributed by atoms with Gasteiger partial charge in [-0.05, 0) is 41.6 Å². The van der Waals surface area contributed by atoms with Crippen LogP contribution in [0, 0.1) is 5.40 Å². The molecule has 2 N–H and O–H groups in total. The summed E-state index contributed by atoms with van der Waals surface area (Å²) in [6.07, 6.45) is 3.40. The van der Waals surface area contributed by atoms with Crippen molar-refractivity contribution in [3.05, 3.63) is 41.0 Å². The van der Waals surface area contributed by atoms with E-state index in [0.29, 0.717) is 10.1 Å². The zero-order valence-corrected chi connectivity index (χ0v) is 9.45. The van der Waals surface area contributed by atoms with E-state index >= 15 is 0 Å². The van der Waals surface area contributed by atoms with Crippen LogP contribution in [0.15, 0.2) is 39.9 Å². The Kier molecular flexibility index (Phi) is 2.02. The molecule has 5 heteroatoms. The summed E-state index contributed by atoms with van der Waals surface area (Å²) < 4.78 is 12.1. The molecule has 0 atom stereocenters. The number of amides is 1. The van der Waals surface area contributed by atoms with Crippen LogP contribution < -0.4 is 5.32 Å². The summed E-state index contributed by atoms with van der Waals surface area (Å²) in [5.41, 5.74) is 1.72. The van der Waals surface area contributed by atoms with Crippen molar-refractivity contribution in [3.63, 3.8) is 0 Å². The van der Waals surface area contributed by atoms with Crippen molar-refractivity contribution in [2.24, 2.45) is 0 Å². The van der Waals surface area contributed by atoms with Gasteiger partial charge in [0.15, 0.2) is 6.58 Å². The van der Waals surface area contributed by atoms with E-state index in [9.17, 15) is 4.79 Å². The van der Waals surface area contributed by atoms with Crippen LogP contribution in [0.25, 0.3) is 17.0 Å². The normalized spacial score (nSPS) is 21.2. The Bertz CT molecular complexity index is 690. The summed E-state index contributed by atoms with van der Waals surface area (Å²) in [6.45, 7) is 0. The molecule has 0 saturated carbocycles. The third-order valence-corrected chi connectivity index (χ3v) is 3.24. The molecule has 1 aliphatic heterocycles. The van der Waals surface area contributed by atoms with Crippen LogP contribution in [0.3, 0.4) is 0 Å². The van der Waals surface area contributed by atoms with E-state index in [1.54, 1.807) is 12.3 Å². The number of fused-ring (bicyclic) bond motifs is 1. The first kappa shape index (κ1) is 9.07. The van der Waals surface area contributed by atoms with E-state index in [1.807, 2.05) is 24.3 Å². The molecular weight excluding hydrogens is 236 g/mol. The predicted molar refractivity (Wildman–Crippen MR) is 67.7 cm³/mol. The molecule has 2 heterocycles. The maximum atomic E-state index is 11.6. The zero-order valence-electron chi connectivity index (χ0n) is 9.64. The van der Waals surface area contributed by atoms with Gasteiger partial charge in [0, 0.05) is 5.39 Å². The Morgan fingerprint density at radius 2 is 2.41 bits per heavy atom. The quantitative estimate of drug-likeness (QED) is 0.758. The Balaban J connectivity index is 1.98. The lowest BCUT2D eigenvalue weighted by atomic mass is 10.1. The summed E-state index contributed by atoms with van der Waals surface area (Å²) in [7, 11) is 0. The molecule has 1 amide bonds. The van der Waals surface area contributed by atoms with Crippen LogP contribution >= 0.6 is 11.8 Å². The Labute approximate surface area is 103 Å². The highest BCUT2D eigenvalue weighted by Crippen LogP contribution is 2.26. The Hall–Kier alpha value is -2.01. The number of benzene rings is 1. The van der Waals surface area contributed by atoms with Crippen molar-refractivity contribution in [1.82, 2.24) is 5.32 Å². The molecule has 3 rings (SSSR count). The summed E-state index contributed by atoms with van der Waals surface area (Å²) in [5, 5.41) is 7.01. The fourth-order valence-corrected chi connectivity index (χ4v) is 2.35. The smallest absolute Gasteiger partial charge is 0.264 e. The molecule has 1 saturated heterocycles. The highest BCUT2D eigenvalue weighted by Gasteiger charge is 2.22. The van der Waals surface area contributed by atoms with Crippen LogP contribution in [-0.2, 0) is 4.79 Å². The molecular formula is C12H8N2O2S. The minimum absolute atomic E-state index is 0.224. The molecule has 17 heavy (non-hydrogen) atoms. The van der Waals surface area contributed by atoms with E-state index in [-0.39, 0.29) is 5.91 Å². The van der Waals surface area contributed by atoms with E-state index in [0.717, 1.165) is 28.3 Å². The Morgan fingerprint density at radius 3 is 3.24 bits per heavy atom. The molecule has 2 aromatic rings. The van der Waals surface area contributed by atoms with Gasteiger partial charge < -0.3 is 9.73 Å². The van der Waals surface area contributed by atoms with Crippen molar-refractivity contribution < 1.29 is 10.6 Å². The molecule has 1 fully saturated rings. The highest BCUT2D eigenvalue weighted by molar-refractivity contribution is 8.18. The number of carbonyl (C=O) groups is 1. The first-order valence-electron chi connectivity index (χ1n) is 5.41. The first-order valence-corrected chi connectivity index (χ1v) is 5.78. The molecule has 1 aromatic carbocycles. The predicted octanol–water partition coefficient (Wildman–Crippen LogP) is 2.57. The molecule has 1 aromatic heterocycles. The van der Waals surface area contributed by atoms with Crippen LogP contribution in [0.1, 0.15) is 5.56 Å². The average molecular weight is 244 g/mol. The second-order valence-electron chi connectivity index (χ2n) is 3.59. The summed E-state index contributed by atoms with van der Waals surface area (Å²) in [5.74, 6) is -0.224. The summed E-state index contributed by atoms with van der Waals surface area (Å²) in [4.78, 5) is 12.1. The average Bonchev–Trinajstić information content (AvgIpc) is 2.96. The van der Waals surface area contributed by atoms with Crippen LogP contribution in [0.4, 0.5) is 0 Å². The van der Waals surface area contributed by atoms with Gasteiger partial charge in [0.25, 0.3) is 5.91 Å². The van der Waals surface area contributed by atoms with Crippen LogP contribution in [0.2, 0.25) is 1.41 Å². The van der Waals surface area contributed by atoms with Gasteiger partial charge in [0.1, 0.15) is 5.58 Å². The van der Waals surface area contributed by atoms with Gasteiger partial charge in [-0.1, -0.05) is 6.07 Å². The van der Waals surface area contributed by atoms with E-state index in [1.165, 1.54) is 0 Å². The largest absolute Gasteiger partial charge is 0.464 e. The zero-order chi connectivity index (χ0) is 12.5. The van der Waals surface area contributed by atoms with Gasteiger partial charge in [0.05, 0.1) is 11.2 Å². The lowest BCUT2D eigenvalue weighted by Crippen LogP contribution is -2.18. The topological polar surface area (TPSA) is 66.1 Å². The number of thioether (sulfide) groups is 1. The van der Waals surface area contributed by atoms with Crippen molar-refractivity contribution in [2.45, 2.75) is 0 Å². The number of hydrogen-bond donors (Lipinski definition) is 2. The maximum Gasteiger partial charge on any atom is 0.264 e. The number of amidine groups is 1. The number of hydrogen-bond acceptors (Lipinski definition) is 4. The fourth-order valence-electron chi connectivity index (χ4n) is 1.66. The molecule has 0 spiro atoms. The molecule has 0 radical (unpaired) electrons. The molecule has 1 aliphatic rings. The molecule has 0 aliphatic carbocycles. The van der Waals surface area contributed by atoms with Crippen molar-refractivity contribution >= 4 is 39.9 Å². The van der Waals surface area contributed by atoms with Gasteiger partial charge >= 0.3 is 0 Å². The lowest BCUT2D eigenvalue weighted by molar-refractivity contribution is -0.115. The number of rotatable bonds is 1. The van der Waals surface area contributed by atoms with Crippen molar-refractivity contribution in [2.75, 3.05) is 0 Å². The molecule has 84 valence electrons. The fraction of sp³-hybridized carbons (Fsp3) is 0. The number of carbonyl (C=O) groups excluding carboxylic acids is 1. The monoisotopic (exact) mass is 244 g/mol. The molecule has 4 nitrogen and oxygen atoms in total. The number of nitrogens with one attached hydrogen (secondary N) is 2. The van der Waals surface area contributed by atoms with Gasteiger partial charge in [-0.3, -0.25) is 10.2 Å². The van der Waals surface area contributed by atoms with Crippen LogP contribution in [0.5, 0.6) is 0 Å². The summed E-state index contributed by atoms with van der Waals surface area (Å²) in [6, 6.07) is 7.55. The van der Waals surface area contributed by atoms with E-state index in [2.05, 4.69) is 10.7 Å². The lowest BCUT2D eigenvalue weighted by Gasteiger charge is -1.95. The third kappa shape index (κ3) is 1.85.